The number of nitriles is 1. The highest BCUT2D eigenvalue weighted by Crippen LogP contribution is 2.30. The third kappa shape index (κ3) is 6.17. The molecule has 0 N–H and O–H groups in total. The Kier molecular flexibility index (Phi) is 11.3. The van der Waals surface area contributed by atoms with Gasteiger partial charge in [0, 0.05) is 17.1 Å². The van der Waals surface area contributed by atoms with E-state index in [1.807, 2.05) is 77.5 Å². The van der Waals surface area contributed by atoms with Crippen molar-refractivity contribution >= 4 is 16.5 Å². The fourth-order valence-corrected chi connectivity index (χ4v) is 3.39. The molecule has 0 saturated heterocycles. The Morgan fingerprint density at radius 2 is 1.64 bits per heavy atom. The Morgan fingerprint density at radius 3 is 2.18 bits per heavy atom. The summed E-state index contributed by atoms with van der Waals surface area (Å²) in [5.41, 5.74) is 7.87. The molecule has 0 amide bonds. The largest absolute Gasteiger partial charge is 0.245 e. The topological polar surface area (TPSA) is 54.5 Å². The van der Waals surface area contributed by atoms with E-state index in [1.165, 1.54) is 11.1 Å². The van der Waals surface area contributed by atoms with Gasteiger partial charge in [0.15, 0.2) is 0 Å². The van der Waals surface area contributed by atoms with Gasteiger partial charge in [-0.05, 0) is 60.9 Å². The molecule has 0 aliphatic rings. The lowest BCUT2D eigenvalue weighted by atomic mass is 10.0. The number of pyridine rings is 1. The van der Waals surface area contributed by atoms with Gasteiger partial charge in [-0.15, -0.1) is 0 Å². The van der Waals surface area contributed by atoms with Crippen LogP contribution in [0.1, 0.15) is 65.3 Å². The number of rotatable bonds is 3. The van der Waals surface area contributed by atoms with E-state index in [0.29, 0.717) is 5.69 Å². The highest BCUT2D eigenvalue weighted by atomic mass is 15.3. The maximum atomic E-state index is 8.95. The fourth-order valence-electron chi connectivity index (χ4n) is 3.39. The minimum atomic E-state index is 0.412. The number of nitrogens with zero attached hydrogens (tertiary/aromatic N) is 4. The molecule has 0 bridgehead atoms. The van der Waals surface area contributed by atoms with Gasteiger partial charge in [0.05, 0.1) is 17.4 Å². The van der Waals surface area contributed by atoms with Crippen LogP contribution in [0.25, 0.3) is 33.3 Å². The number of aryl methyl sites for hydroxylation is 1. The summed E-state index contributed by atoms with van der Waals surface area (Å²) < 4.78 is 1.95. The second kappa shape index (κ2) is 13.6. The van der Waals surface area contributed by atoms with Crippen LogP contribution >= 0.6 is 0 Å². The van der Waals surface area contributed by atoms with E-state index in [-0.39, 0.29) is 0 Å². The molecule has 0 atom stereocenters. The first-order valence-electron chi connectivity index (χ1n) is 11.7. The van der Waals surface area contributed by atoms with Crippen LogP contribution < -0.4 is 0 Å². The summed E-state index contributed by atoms with van der Waals surface area (Å²) >= 11 is 0. The zero-order valence-electron chi connectivity index (χ0n) is 21.3. The molecule has 0 saturated carbocycles. The van der Waals surface area contributed by atoms with Gasteiger partial charge in [0.2, 0.25) is 0 Å². The van der Waals surface area contributed by atoms with Crippen molar-refractivity contribution in [3.63, 3.8) is 0 Å². The van der Waals surface area contributed by atoms with Crippen molar-refractivity contribution in [1.29, 1.82) is 5.26 Å². The minimum Gasteiger partial charge on any atom is -0.245 e. The molecule has 0 aliphatic carbocycles. The van der Waals surface area contributed by atoms with Gasteiger partial charge in [0.25, 0.3) is 0 Å². The summed E-state index contributed by atoms with van der Waals surface area (Å²) in [5, 5.41) is 14.6. The van der Waals surface area contributed by atoms with Crippen molar-refractivity contribution in [2.24, 2.45) is 0 Å². The van der Waals surface area contributed by atoms with E-state index in [4.69, 9.17) is 5.26 Å². The first-order chi connectivity index (χ1) is 16.1. The van der Waals surface area contributed by atoms with Crippen LogP contribution in [0.4, 0.5) is 0 Å². The highest BCUT2D eigenvalue weighted by molar-refractivity contribution is 5.95. The summed E-state index contributed by atoms with van der Waals surface area (Å²) in [6, 6.07) is 18.1. The summed E-state index contributed by atoms with van der Waals surface area (Å²) in [6.45, 7) is 20.1. The number of hydrogen-bond donors (Lipinski definition) is 0. The second-order valence-corrected chi connectivity index (χ2v) is 6.62. The summed E-state index contributed by atoms with van der Waals surface area (Å²) in [4.78, 5) is 4.19. The zero-order valence-corrected chi connectivity index (χ0v) is 21.3. The van der Waals surface area contributed by atoms with E-state index in [9.17, 15) is 0 Å². The van der Waals surface area contributed by atoms with Crippen LogP contribution in [0, 0.1) is 18.3 Å². The molecule has 0 aliphatic heterocycles. The lowest BCUT2D eigenvalue weighted by Gasteiger charge is -2.10. The second-order valence-electron chi connectivity index (χ2n) is 6.62. The lowest BCUT2D eigenvalue weighted by molar-refractivity contribution is 0.909. The van der Waals surface area contributed by atoms with E-state index < -0.39 is 0 Å². The molecular weight excluding hydrogens is 404 g/mol. The fraction of sp³-hybridized carbons (Fsp3) is 0.276. The first-order valence-corrected chi connectivity index (χ1v) is 11.7. The van der Waals surface area contributed by atoms with E-state index in [1.54, 1.807) is 12.3 Å². The quantitative estimate of drug-likeness (QED) is 0.321. The van der Waals surface area contributed by atoms with Crippen LogP contribution in [0.5, 0.6) is 0 Å². The third-order valence-corrected chi connectivity index (χ3v) is 4.72. The molecule has 0 radical (unpaired) electrons. The monoisotopic (exact) mass is 440 g/mol. The molecular formula is C29H36N4. The van der Waals surface area contributed by atoms with Crippen molar-refractivity contribution in [2.45, 2.75) is 55.4 Å². The predicted octanol–water partition coefficient (Wildman–Crippen LogP) is 8.38. The maximum absolute atomic E-state index is 8.95. The van der Waals surface area contributed by atoms with Crippen LogP contribution in [0.2, 0.25) is 0 Å². The number of aromatic nitrogens is 3. The SMILES string of the molecule is C=C(C)c1ccc(-n2ncc3c(-c4ccc(C#N)nc4)cccc32)cc1C.CC.CC.CC. The summed E-state index contributed by atoms with van der Waals surface area (Å²) in [6.07, 6.45) is 3.61. The van der Waals surface area contributed by atoms with Gasteiger partial charge in [-0.2, -0.15) is 10.4 Å². The van der Waals surface area contributed by atoms with Crippen molar-refractivity contribution < 1.29 is 0 Å². The lowest BCUT2D eigenvalue weighted by Crippen LogP contribution is -1.98. The molecule has 4 heteroatoms. The van der Waals surface area contributed by atoms with Gasteiger partial charge in [-0.3, -0.25) is 0 Å². The van der Waals surface area contributed by atoms with Crippen molar-refractivity contribution in [2.75, 3.05) is 0 Å². The van der Waals surface area contributed by atoms with Crippen molar-refractivity contribution in [1.82, 2.24) is 14.8 Å². The average Bonchev–Trinajstić information content (AvgIpc) is 3.32. The maximum Gasteiger partial charge on any atom is 0.140 e. The number of fused-ring (bicyclic) bond motifs is 1. The molecule has 0 unspecified atom stereocenters. The highest BCUT2D eigenvalue weighted by Gasteiger charge is 2.11. The third-order valence-electron chi connectivity index (χ3n) is 4.72. The Hall–Kier alpha value is -3.71. The molecule has 2 heterocycles. The van der Waals surface area contributed by atoms with Gasteiger partial charge >= 0.3 is 0 Å². The van der Waals surface area contributed by atoms with Crippen molar-refractivity contribution in [3.05, 3.63) is 84.3 Å². The van der Waals surface area contributed by atoms with Crippen LogP contribution in [0.15, 0.2) is 67.5 Å². The Morgan fingerprint density at radius 1 is 0.939 bits per heavy atom. The van der Waals surface area contributed by atoms with Crippen LogP contribution in [0.3, 0.4) is 0 Å². The smallest absolute Gasteiger partial charge is 0.140 e. The van der Waals surface area contributed by atoms with E-state index in [2.05, 4.69) is 53.9 Å². The normalized spacial score (nSPS) is 9.30. The molecule has 172 valence electrons. The minimum absolute atomic E-state index is 0.412. The summed E-state index contributed by atoms with van der Waals surface area (Å²) in [5.74, 6) is 0. The molecule has 4 nitrogen and oxygen atoms in total. The molecule has 0 spiro atoms. The molecule has 0 fully saturated rings. The standard InChI is InChI=1S/C23H18N4.3C2H6/c1-15(2)20-10-9-19(11-16(20)3)27-23-6-4-5-21(22(23)14-26-27)17-7-8-18(12-24)25-13-17;3*1-2/h4-11,13-14H,1H2,2-3H3;3*1-2H3. The Bertz CT molecular complexity index is 1210. The number of hydrogen-bond acceptors (Lipinski definition) is 3. The average molecular weight is 441 g/mol. The van der Waals surface area contributed by atoms with E-state index in [0.717, 1.165) is 33.3 Å². The first kappa shape index (κ1) is 27.3. The molecule has 2 aromatic carbocycles. The molecule has 4 rings (SSSR count). The Balaban J connectivity index is 0.000000841. The van der Waals surface area contributed by atoms with E-state index >= 15 is 0 Å². The summed E-state index contributed by atoms with van der Waals surface area (Å²) in [7, 11) is 0. The van der Waals surface area contributed by atoms with Crippen LogP contribution in [-0.2, 0) is 0 Å². The molecule has 4 aromatic rings. The van der Waals surface area contributed by atoms with Gasteiger partial charge in [-0.25, -0.2) is 9.67 Å². The van der Waals surface area contributed by atoms with Gasteiger partial charge < -0.3 is 0 Å². The van der Waals surface area contributed by atoms with Gasteiger partial charge in [-0.1, -0.05) is 71.9 Å². The molecule has 2 aromatic heterocycles. The molecule has 33 heavy (non-hydrogen) atoms. The number of benzene rings is 2. The van der Waals surface area contributed by atoms with Gasteiger partial charge in [0.1, 0.15) is 11.8 Å². The Labute approximate surface area is 199 Å². The zero-order chi connectivity index (χ0) is 25.0. The van der Waals surface area contributed by atoms with Crippen LogP contribution in [-0.4, -0.2) is 14.8 Å². The van der Waals surface area contributed by atoms with Crippen molar-refractivity contribution in [3.8, 4) is 22.9 Å². The number of allylic oxidation sites excluding steroid dienone is 1. The predicted molar refractivity (Wildman–Crippen MR) is 143 cm³/mol.